The van der Waals surface area contributed by atoms with Gasteiger partial charge >= 0.3 is 12.1 Å². The van der Waals surface area contributed by atoms with Crippen LogP contribution < -0.4 is 5.32 Å². The minimum absolute atomic E-state index is 0.190. The van der Waals surface area contributed by atoms with Gasteiger partial charge in [-0.15, -0.1) is 0 Å². The Hall–Kier alpha value is -2.15. The number of pyridine rings is 1. The fraction of sp³-hybridized carbons (Fsp3) is 0.588. The lowest BCUT2D eigenvalue weighted by Crippen LogP contribution is -2.28. The van der Waals surface area contributed by atoms with Gasteiger partial charge in [-0.05, 0) is 45.7 Å². The fourth-order valence-corrected chi connectivity index (χ4v) is 2.09. The van der Waals surface area contributed by atoms with E-state index in [9.17, 15) is 14.7 Å². The predicted molar refractivity (Wildman–Crippen MR) is 88.2 cm³/mol. The van der Waals surface area contributed by atoms with Gasteiger partial charge in [0.15, 0.2) is 0 Å². The highest BCUT2D eigenvalue weighted by atomic mass is 16.6. The highest BCUT2D eigenvalue weighted by molar-refractivity contribution is 5.85. The molecule has 24 heavy (non-hydrogen) atoms. The van der Waals surface area contributed by atoms with Gasteiger partial charge in [0.25, 0.3) is 0 Å². The molecule has 2 unspecified atom stereocenters. The minimum Gasteiger partial charge on any atom is -0.465 e. The lowest BCUT2D eigenvalue weighted by Gasteiger charge is -2.21. The number of esters is 1. The smallest absolute Gasteiger partial charge is 0.412 e. The Morgan fingerprint density at radius 1 is 1.25 bits per heavy atom. The average Bonchev–Trinajstić information content (AvgIpc) is 2.45. The van der Waals surface area contributed by atoms with E-state index in [0.29, 0.717) is 11.3 Å². The van der Waals surface area contributed by atoms with Crippen molar-refractivity contribution in [1.29, 1.82) is 0 Å². The Kier molecular flexibility index (Phi) is 7.16. The molecule has 133 valence electrons. The van der Waals surface area contributed by atoms with E-state index in [4.69, 9.17) is 9.47 Å². The number of hydrogen-bond acceptors (Lipinski definition) is 5. The second kappa shape index (κ2) is 8.63. The van der Waals surface area contributed by atoms with Crippen molar-refractivity contribution < 1.29 is 24.2 Å². The van der Waals surface area contributed by atoms with Crippen LogP contribution in [0.5, 0.6) is 0 Å². The number of carbonyl (C=O) groups is 2. The number of amides is 1. The number of hydrogen-bond donors (Lipinski definition) is 1. The first kappa shape index (κ1) is 19.9. The molecule has 1 aromatic heterocycles. The van der Waals surface area contributed by atoms with Crippen LogP contribution in [0.3, 0.4) is 0 Å². The maximum absolute atomic E-state index is 12.2. The normalized spacial score (nSPS) is 13.8. The van der Waals surface area contributed by atoms with E-state index >= 15 is 0 Å². The molecule has 1 N–H and O–H groups in total. The van der Waals surface area contributed by atoms with Gasteiger partial charge < -0.3 is 9.47 Å². The van der Waals surface area contributed by atoms with Gasteiger partial charge in [-0.2, -0.15) is 0 Å². The Labute approximate surface area is 142 Å². The summed E-state index contributed by atoms with van der Waals surface area (Å²) in [6, 6.07) is 1.54. The first-order valence-electron chi connectivity index (χ1n) is 7.95. The zero-order chi connectivity index (χ0) is 18.3. The van der Waals surface area contributed by atoms with E-state index in [1.807, 2.05) is 0 Å². The Bertz CT molecular complexity index is 568. The molecule has 7 heteroatoms. The molecule has 0 saturated carbocycles. The van der Waals surface area contributed by atoms with Crippen molar-refractivity contribution in [1.82, 2.24) is 4.98 Å². The average molecular weight is 337 g/mol. The summed E-state index contributed by atoms with van der Waals surface area (Å²) in [7, 11) is 0. The van der Waals surface area contributed by atoms with Gasteiger partial charge in [0.1, 0.15) is 17.6 Å². The molecule has 0 aliphatic rings. The number of ether oxygens (including phenoxy) is 2. The zero-order valence-corrected chi connectivity index (χ0v) is 14.8. The van der Waals surface area contributed by atoms with Gasteiger partial charge in [0.05, 0.1) is 18.5 Å². The van der Waals surface area contributed by atoms with Gasteiger partial charge in [-0.3, -0.25) is 15.1 Å². The predicted octanol–water partition coefficient (Wildman–Crippen LogP) is 3.28. The van der Waals surface area contributed by atoms with Crippen molar-refractivity contribution in [2.75, 3.05) is 11.9 Å². The van der Waals surface area contributed by atoms with Crippen molar-refractivity contribution >= 4 is 17.7 Å². The lowest BCUT2D eigenvalue weighted by atomic mass is 9.93. The maximum atomic E-state index is 12.2. The Balaban J connectivity index is 2.99. The van der Waals surface area contributed by atoms with E-state index in [1.165, 1.54) is 12.4 Å². The molecular weight excluding hydrogens is 312 g/mol. The highest BCUT2D eigenvalue weighted by Crippen LogP contribution is 2.25. The molecule has 0 aromatic carbocycles. The summed E-state index contributed by atoms with van der Waals surface area (Å²) in [5.74, 6) is -1.56. The van der Waals surface area contributed by atoms with Gasteiger partial charge in [-0.25, -0.2) is 9.90 Å². The third-order valence-electron chi connectivity index (χ3n) is 3.08. The molecular formula is C17H25N2O5. The largest absolute Gasteiger partial charge is 0.465 e. The summed E-state index contributed by atoms with van der Waals surface area (Å²) in [4.78, 5) is 27.9. The topological polar surface area (TPSA) is 97.4 Å². The third kappa shape index (κ3) is 6.16. The van der Waals surface area contributed by atoms with Crippen LogP contribution in [0, 0.1) is 0 Å². The number of aromatic nitrogens is 1. The molecule has 1 rings (SSSR count). The summed E-state index contributed by atoms with van der Waals surface area (Å²) < 4.78 is 10.2. The number of rotatable bonds is 6. The molecule has 0 saturated heterocycles. The van der Waals surface area contributed by atoms with Crippen LogP contribution in [-0.4, -0.2) is 35.4 Å². The van der Waals surface area contributed by atoms with Gasteiger partial charge in [0, 0.05) is 6.20 Å². The monoisotopic (exact) mass is 337 g/mol. The molecule has 1 aromatic rings. The fourth-order valence-electron chi connectivity index (χ4n) is 2.09. The molecule has 0 spiro atoms. The van der Waals surface area contributed by atoms with Gasteiger partial charge in [0.2, 0.25) is 0 Å². The van der Waals surface area contributed by atoms with Crippen molar-refractivity contribution in [3.8, 4) is 0 Å². The van der Waals surface area contributed by atoms with E-state index in [2.05, 4.69) is 10.3 Å². The maximum Gasteiger partial charge on any atom is 0.412 e. The second-order valence-electron chi connectivity index (χ2n) is 6.31. The molecule has 0 bridgehead atoms. The molecule has 0 aliphatic heterocycles. The lowest BCUT2D eigenvalue weighted by molar-refractivity contribution is -0.149. The van der Waals surface area contributed by atoms with Crippen molar-refractivity contribution in [3.05, 3.63) is 24.0 Å². The van der Waals surface area contributed by atoms with Gasteiger partial charge in [-0.1, -0.05) is 6.92 Å². The summed E-state index contributed by atoms with van der Waals surface area (Å²) in [6.07, 6.45) is 1.34. The van der Waals surface area contributed by atoms with Crippen LogP contribution in [0.2, 0.25) is 0 Å². The van der Waals surface area contributed by atoms with Crippen LogP contribution >= 0.6 is 0 Å². The van der Waals surface area contributed by atoms with Crippen molar-refractivity contribution in [2.45, 2.75) is 58.7 Å². The summed E-state index contributed by atoms with van der Waals surface area (Å²) in [6.45, 7) is 8.83. The SMILES string of the molecule is CCOC(=O)C(c1cncc(NC(=O)OC(C)(C)C)c1)C([O])CC. The van der Waals surface area contributed by atoms with Crippen molar-refractivity contribution in [3.63, 3.8) is 0 Å². The standard InChI is InChI=1S/C17H25N2O5/c1-6-13(20)14(15(21)23-7-2)11-8-12(10-18-9-11)19-16(22)24-17(3,4)5/h8-10,13-14H,6-7H2,1-5H3,(H,19,22). The zero-order valence-electron chi connectivity index (χ0n) is 14.8. The summed E-state index contributed by atoms with van der Waals surface area (Å²) in [5, 5.41) is 14.7. The first-order chi connectivity index (χ1) is 11.2. The minimum atomic E-state index is -1.15. The molecule has 1 amide bonds. The number of anilines is 1. The van der Waals surface area contributed by atoms with E-state index in [-0.39, 0.29) is 13.0 Å². The van der Waals surface area contributed by atoms with E-state index in [1.54, 1.807) is 40.7 Å². The highest BCUT2D eigenvalue weighted by Gasteiger charge is 2.30. The quantitative estimate of drug-likeness (QED) is 0.803. The van der Waals surface area contributed by atoms with Crippen LogP contribution in [0.4, 0.5) is 10.5 Å². The Morgan fingerprint density at radius 3 is 2.46 bits per heavy atom. The summed E-state index contributed by atoms with van der Waals surface area (Å²) >= 11 is 0. The van der Waals surface area contributed by atoms with Crippen LogP contribution in [0.15, 0.2) is 18.5 Å². The molecule has 1 radical (unpaired) electrons. The Morgan fingerprint density at radius 2 is 1.92 bits per heavy atom. The van der Waals surface area contributed by atoms with Crippen LogP contribution in [0.25, 0.3) is 0 Å². The molecule has 1 heterocycles. The number of nitrogens with one attached hydrogen (secondary N) is 1. The first-order valence-corrected chi connectivity index (χ1v) is 7.95. The van der Waals surface area contributed by atoms with E-state index < -0.39 is 29.7 Å². The van der Waals surface area contributed by atoms with E-state index in [0.717, 1.165) is 0 Å². The molecule has 0 aliphatic carbocycles. The number of nitrogens with zero attached hydrogens (tertiary/aromatic N) is 1. The van der Waals surface area contributed by atoms with Crippen molar-refractivity contribution in [2.24, 2.45) is 0 Å². The summed E-state index contributed by atoms with van der Waals surface area (Å²) in [5.41, 5.74) is 0.119. The number of carbonyl (C=O) groups excluding carboxylic acids is 2. The van der Waals surface area contributed by atoms with Crippen LogP contribution in [-0.2, 0) is 19.4 Å². The molecule has 0 fully saturated rings. The molecule has 2 atom stereocenters. The third-order valence-corrected chi connectivity index (χ3v) is 3.08. The van der Waals surface area contributed by atoms with Crippen LogP contribution in [0.1, 0.15) is 52.5 Å². The second-order valence-corrected chi connectivity index (χ2v) is 6.31. The molecule has 7 nitrogen and oxygen atoms in total.